The monoisotopic (exact) mass is 181 g/mol. The second kappa shape index (κ2) is 4.83. The molecule has 1 aromatic rings. The van der Waals surface area contributed by atoms with Crippen LogP contribution in [0.4, 0.5) is 0 Å². The number of hydrogen-bond donors (Lipinski definition) is 1. The average Bonchev–Trinajstić information content (AvgIpc) is 1.88. The van der Waals surface area contributed by atoms with Gasteiger partial charge in [-0.25, -0.2) is 0 Å². The van der Waals surface area contributed by atoms with Gasteiger partial charge in [-0.3, -0.25) is 0 Å². The molecule has 0 aliphatic carbocycles. The molecule has 1 N–H and O–H groups in total. The van der Waals surface area contributed by atoms with Crippen molar-refractivity contribution in [3.8, 4) is 0 Å². The van der Waals surface area contributed by atoms with Crippen LogP contribution < -0.4 is 5.30 Å². The first-order valence-electron chi connectivity index (χ1n) is 2.93. The Balaban J connectivity index is -0.000000333. The minimum Gasteiger partial charge on any atom is -1.00 e. The van der Waals surface area contributed by atoms with Gasteiger partial charge in [-0.2, -0.15) is 4.89 Å². The van der Waals surface area contributed by atoms with E-state index in [1.165, 1.54) is 0 Å². The summed E-state index contributed by atoms with van der Waals surface area (Å²) in [7, 11) is -2.16. The fourth-order valence-electron chi connectivity index (χ4n) is 0.672. The quantitative estimate of drug-likeness (QED) is 0.522. The van der Waals surface area contributed by atoms with E-state index in [1.54, 1.807) is 12.1 Å². The summed E-state index contributed by atoms with van der Waals surface area (Å²) in [5.41, 5.74) is 1.10. The molecule has 1 rings (SSSR count). The number of hydrogen-bond acceptors (Lipinski definition) is 1. The van der Waals surface area contributed by atoms with Gasteiger partial charge >= 0.3 is 31.1 Å². The molecular formula is C7H10MgO2P+. The minimum absolute atomic E-state index is 0. The van der Waals surface area contributed by atoms with Crippen LogP contribution in [0.3, 0.4) is 0 Å². The summed E-state index contributed by atoms with van der Waals surface area (Å²) < 4.78 is 10.5. The van der Waals surface area contributed by atoms with Crippen LogP contribution in [0.25, 0.3) is 0 Å². The van der Waals surface area contributed by atoms with Crippen molar-refractivity contribution >= 4 is 36.4 Å². The third kappa shape index (κ3) is 3.30. The Morgan fingerprint density at radius 2 is 1.82 bits per heavy atom. The standard InChI is InChI=1S/C7H7O2P.Mg.2H/c1-6-2-4-7(5-3-6)10(8)9;;;/h2-5H,1H3;;;/q;+2;2*-1/p+1. The summed E-state index contributed by atoms with van der Waals surface area (Å²) in [6.07, 6.45) is 0. The minimum atomic E-state index is -2.16. The Morgan fingerprint density at radius 3 is 2.18 bits per heavy atom. The summed E-state index contributed by atoms with van der Waals surface area (Å²) in [6, 6.07) is 6.96. The van der Waals surface area contributed by atoms with E-state index in [0.29, 0.717) is 5.30 Å². The number of rotatable bonds is 1. The first-order valence-corrected chi connectivity index (χ1v) is 4.14. The molecule has 0 heterocycles. The number of aryl methyl sites for hydroxylation is 1. The van der Waals surface area contributed by atoms with E-state index in [4.69, 9.17) is 4.89 Å². The van der Waals surface area contributed by atoms with Gasteiger partial charge in [-0.1, -0.05) is 17.7 Å². The molecule has 1 aromatic carbocycles. The van der Waals surface area contributed by atoms with Gasteiger partial charge in [0.25, 0.3) is 0 Å². The average molecular weight is 181 g/mol. The maximum atomic E-state index is 10.5. The summed E-state index contributed by atoms with van der Waals surface area (Å²) in [6.45, 7) is 1.94. The molecule has 1 atom stereocenters. The number of benzene rings is 1. The van der Waals surface area contributed by atoms with Crippen molar-refractivity contribution in [2.24, 2.45) is 0 Å². The van der Waals surface area contributed by atoms with Gasteiger partial charge in [0.2, 0.25) is 5.30 Å². The molecule has 0 spiro atoms. The fraction of sp³-hybridized carbons (Fsp3) is 0.143. The zero-order valence-corrected chi connectivity index (χ0v) is 8.63. The molecule has 0 radical (unpaired) electrons. The van der Waals surface area contributed by atoms with Crippen LogP contribution in [0.15, 0.2) is 24.3 Å². The van der Waals surface area contributed by atoms with Crippen molar-refractivity contribution < 1.29 is 12.3 Å². The maximum absolute atomic E-state index is 10.5. The van der Waals surface area contributed by atoms with Crippen LogP contribution in [-0.2, 0) is 4.57 Å². The van der Waals surface area contributed by atoms with Crippen LogP contribution >= 0.6 is 8.03 Å². The molecule has 0 aliphatic heterocycles. The third-order valence-corrected chi connectivity index (χ3v) is 1.99. The fourth-order valence-corrected chi connectivity index (χ4v) is 1.08. The molecule has 0 saturated carbocycles. The predicted molar refractivity (Wildman–Crippen MR) is 48.6 cm³/mol. The summed E-state index contributed by atoms with van der Waals surface area (Å²) in [5, 5.41) is 0.487. The van der Waals surface area contributed by atoms with Crippen LogP contribution in [0, 0.1) is 6.92 Å². The van der Waals surface area contributed by atoms with E-state index in [9.17, 15) is 4.57 Å². The van der Waals surface area contributed by atoms with E-state index in [1.807, 2.05) is 19.1 Å². The van der Waals surface area contributed by atoms with Crippen LogP contribution in [0.5, 0.6) is 0 Å². The first-order chi connectivity index (χ1) is 4.70. The van der Waals surface area contributed by atoms with E-state index >= 15 is 0 Å². The molecule has 56 valence electrons. The molecular weight excluding hydrogens is 171 g/mol. The molecule has 4 heteroatoms. The largest absolute Gasteiger partial charge is 2.00 e. The molecule has 2 nitrogen and oxygen atoms in total. The van der Waals surface area contributed by atoms with Gasteiger partial charge in [0.15, 0.2) is 0 Å². The molecule has 0 fully saturated rings. The van der Waals surface area contributed by atoms with Gasteiger partial charge in [0.1, 0.15) is 0 Å². The van der Waals surface area contributed by atoms with E-state index in [0.717, 1.165) is 5.56 Å². The van der Waals surface area contributed by atoms with E-state index < -0.39 is 8.03 Å². The van der Waals surface area contributed by atoms with Crippen molar-refractivity contribution in [2.45, 2.75) is 6.92 Å². The van der Waals surface area contributed by atoms with Gasteiger partial charge in [-0.05, 0) is 23.6 Å². The Kier molecular flexibility index (Phi) is 4.85. The summed E-state index contributed by atoms with van der Waals surface area (Å²) in [4.78, 5) is 8.62. The Morgan fingerprint density at radius 1 is 1.36 bits per heavy atom. The predicted octanol–water partition coefficient (Wildman–Crippen LogP) is 1.20. The first kappa shape index (κ1) is 11.0. The zero-order chi connectivity index (χ0) is 7.56. The van der Waals surface area contributed by atoms with Crippen molar-refractivity contribution in [3.63, 3.8) is 0 Å². The summed E-state index contributed by atoms with van der Waals surface area (Å²) in [5.74, 6) is 0. The van der Waals surface area contributed by atoms with Crippen molar-refractivity contribution in [3.05, 3.63) is 29.8 Å². The SMILES string of the molecule is Cc1ccc([P+](=O)O)cc1.[H-].[H-].[Mg+2]. The zero-order valence-electron chi connectivity index (χ0n) is 8.32. The van der Waals surface area contributed by atoms with Gasteiger partial charge in [0, 0.05) is 0 Å². The Labute approximate surface area is 85.6 Å². The van der Waals surface area contributed by atoms with Crippen molar-refractivity contribution in [1.82, 2.24) is 0 Å². The molecule has 0 amide bonds. The molecule has 0 bridgehead atoms. The summed E-state index contributed by atoms with van der Waals surface area (Å²) >= 11 is 0. The van der Waals surface area contributed by atoms with Crippen molar-refractivity contribution in [1.29, 1.82) is 0 Å². The smallest absolute Gasteiger partial charge is 1.00 e. The second-order valence-corrected chi connectivity index (χ2v) is 3.17. The third-order valence-electron chi connectivity index (χ3n) is 1.25. The molecule has 11 heavy (non-hydrogen) atoms. The normalized spacial score (nSPS) is 10.2. The maximum Gasteiger partial charge on any atom is 2.00 e. The van der Waals surface area contributed by atoms with Gasteiger partial charge in [0.05, 0.1) is 0 Å². The molecule has 1 unspecified atom stereocenters. The second-order valence-electron chi connectivity index (χ2n) is 2.11. The van der Waals surface area contributed by atoms with Crippen LogP contribution in [0.2, 0.25) is 0 Å². The van der Waals surface area contributed by atoms with Crippen LogP contribution in [0.1, 0.15) is 8.42 Å². The Bertz CT molecular complexity index is 253. The van der Waals surface area contributed by atoms with Gasteiger partial charge in [-0.15, -0.1) is 0 Å². The molecule has 0 aliphatic rings. The topological polar surface area (TPSA) is 37.3 Å². The van der Waals surface area contributed by atoms with E-state index in [2.05, 4.69) is 0 Å². The van der Waals surface area contributed by atoms with E-state index in [-0.39, 0.29) is 25.9 Å². The van der Waals surface area contributed by atoms with Crippen LogP contribution in [-0.4, -0.2) is 27.9 Å². The molecule has 0 saturated heterocycles. The molecule has 0 aromatic heterocycles. The van der Waals surface area contributed by atoms with Crippen molar-refractivity contribution in [2.75, 3.05) is 0 Å². The van der Waals surface area contributed by atoms with Gasteiger partial charge < -0.3 is 2.85 Å². The Hall–Kier alpha value is 0.0462.